The molecule has 0 unspecified atom stereocenters. The van der Waals surface area contributed by atoms with Gasteiger partial charge in [0.25, 0.3) is 0 Å². The van der Waals surface area contributed by atoms with Crippen LogP contribution in [0.2, 0.25) is 0 Å². The Balaban J connectivity index is 2.35. The smallest absolute Gasteiger partial charge is 0.306 e. The fourth-order valence-electron chi connectivity index (χ4n) is 0.888. The molecule has 1 aliphatic rings. The van der Waals surface area contributed by atoms with Gasteiger partial charge in [-0.15, -0.1) is 0 Å². The minimum atomic E-state index is -0.113. The Morgan fingerprint density at radius 1 is 1.64 bits per heavy atom. The van der Waals surface area contributed by atoms with Crippen LogP contribution in [0.25, 0.3) is 0 Å². The molecule has 0 aliphatic carbocycles. The van der Waals surface area contributed by atoms with Crippen LogP contribution < -0.4 is 0 Å². The van der Waals surface area contributed by atoms with Crippen LogP contribution in [0.4, 0.5) is 0 Å². The van der Waals surface area contributed by atoms with E-state index in [1.54, 1.807) is 0 Å². The van der Waals surface area contributed by atoms with Crippen molar-refractivity contribution in [1.82, 2.24) is 0 Å². The molecular formula is C7H11BrO3. The summed E-state index contributed by atoms with van der Waals surface area (Å²) in [5, 5.41) is 0.652. The number of halogens is 1. The number of hydrogen-bond acceptors (Lipinski definition) is 3. The molecule has 0 aromatic heterocycles. The summed E-state index contributed by atoms with van der Waals surface area (Å²) < 4.78 is 10.2. The van der Waals surface area contributed by atoms with E-state index in [1.807, 2.05) is 0 Å². The first-order valence-electron chi connectivity index (χ1n) is 3.66. The zero-order valence-corrected chi connectivity index (χ0v) is 7.80. The SMILES string of the molecule is O=C1CCCOC[C@H](CBr)O1. The van der Waals surface area contributed by atoms with Crippen LogP contribution in [0.3, 0.4) is 0 Å². The molecular weight excluding hydrogens is 212 g/mol. The van der Waals surface area contributed by atoms with Gasteiger partial charge >= 0.3 is 5.97 Å². The van der Waals surface area contributed by atoms with Crippen LogP contribution >= 0.6 is 15.9 Å². The van der Waals surface area contributed by atoms with Gasteiger partial charge in [-0.25, -0.2) is 0 Å². The predicted octanol–water partition coefficient (Wildman–Crippen LogP) is 1.10. The summed E-state index contributed by atoms with van der Waals surface area (Å²) in [4.78, 5) is 10.9. The lowest BCUT2D eigenvalue weighted by Gasteiger charge is -2.18. The van der Waals surface area contributed by atoms with Gasteiger partial charge in [-0.1, -0.05) is 15.9 Å². The standard InChI is InChI=1S/C7H11BrO3/c8-4-6-5-10-3-1-2-7(9)11-6/h6H,1-5H2/t6-/m0/s1. The second kappa shape index (κ2) is 4.72. The molecule has 1 rings (SSSR count). The maximum absolute atomic E-state index is 10.9. The largest absolute Gasteiger partial charge is 0.459 e. The van der Waals surface area contributed by atoms with Gasteiger partial charge < -0.3 is 9.47 Å². The molecule has 1 aliphatic heterocycles. The van der Waals surface area contributed by atoms with E-state index >= 15 is 0 Å². The monoisotopic (exact) mass is 222 g/mol. The molecule has 0 N–H and O–H groups in total. The Labute approximate surface area is 74.2 Å². The van der Waals surface area contributed by atoms with Gasteiger partial charge in [0, 0.05) is 18.4 Å². The number of alkyl halides is 1. The van der Waals surface area contributed by atoms with Crippen LogP contribution in [-0.4, -0.2) is 30.6 Å². The average molecular weight is 223 g/mol. The van der Waals surface area contributed by atoms with E-state index in [9.17, 15) is 4.79 Å². The lowest BCUT2D eigenvalue weighted by molar-refractivity contribution is -0.153. The van der Waals surface area contributed by atoms with E-state index in [0.29, 0.717) is 25.0 Å². The highest BCUT2D eigenvalue weighted by Crippen LogP contribution is 2.06. The Morgan fingerprint density at radius 2 is 2.45 bits per heavy atom. The van der Waals surface area contributed by atoms with Crippen molar-refractivity contribution in [1.29, 1.82) is 0 Å². The number of rotatable bonds is 1. The first kappa shape index (κ1) is 9.00. The van der Waals surface area contributed by atoms with Gasteiger partial charge in [0.1, 0.15) is 6.10 Å². The molecule has 64 valence electrons. The second-order valence-corrected chi connectivity index (χ2v) is 3.09. The van der Waals surface area contributed by atoms with E-state index in [4.69, 9.17) is 9.47 Å². The Hall–Kier alpha value is -0.0900. The summed E-state index contributed by atoms with van der Waals surface area (Å²) >= 11 is 3.24. The summed E-state index contributed by atoms with van der Waals surface area (Å²) in [5.41, 5.74) is 0. The molecule has 4 heteroatoms. The predicted molar refractivity (Wildman–Crippen MR) is 43.7 cm³/mol. The molecule has 0 bridgehead atoms. The molecule has 0 aromatic rings. The van der Waals surface area contributed by atoms with Crippen molar-refractivity contribution >= 4 is 21.9 Å². The minimum absolute atomic E-state index is 0.109. The van der Waals surface area contributed by atoms with Crippen LogP contribution in [0.15, 0.2) is 0 Å². The maximum Gasteiger partial charge on any atom is 0.306 e. The van der Waals surface area contributed by atoms with Crippen molar-refractivity contribution in [3.05, 3.63) is 0 Å². The normalized spacial score (nSPS) is 27.0. The summed E-state index contributed by atoms with van der Waals surface area (Å²) in [6.07, 6.45) is 1.14. The molecule has 3 nitrogen and oxygen atoms in total. The third kappa shape index (κ3) is 3.20. The van der Waals surface area contributed by atoms with E-state index in [-0.39, 0.29) is 12.1 Å². The number of hydrogen-bond donors (Lipinski definition) is 0. The van der Waals surface area contributed by atoms with Crippen molar-refractivity contribution < 1.29 is 14.3 Å². The molecule has 0 radical (unpaired) electrons. The lowest BCUT2D eigenvalue weighted by Crippen LogP contribution is -2.27. The molecule has 0 saturated carbocycles. The molecule has 1 fully saturated rings. The molecule has 1 heterocycles. The summed E-state index contributed by atoms with van der Waals surface area (Å²) in [5.74, 6) is -0.113. The quantitative estimate of drug-likeness (QED) is 0.493. The minimum Gasteiger partial charge on any atom is -0.459 e. The van der Waals surface area contributed by atoms with Gasteiger partial charge in [-0.2, -0.15) is 0 Å². The number of ether oxygens (including phenoxy) is 2. The van der Waals surface area contributed by atoms with Crippen LogP contribution in [0.1, 0.15) is 12.8 Å². The van der Waals surface area contributed by atoms with Crippen molar-refractivity contribution in [2.75, 3.05) is 18.5 Å². The summed E-state index contributed by atoms with van der Waals surface area (Å²) in [6, 6.07) is 0. The molecule has 1 atom stereocenters. The zero-order valence-electron chi connectivity index (χ0n) is 6.22. The zero-order chi connectivity index (χ0) is 8.10. The van der Waals surface area contributed by atoms with E-state index < -0.39 is 0 Å². The van der Waals surface area contributed by atoms with Gasteiger partial charge in [-0.3, -0.25) is 4.79 Å². The van der Waals surface area contributed by atoms with Crippen LogP contribution in [-0.2, 0) is 14.3 Å². The lowest BCUT2D eigenvalue weighted by atomic mass is 10.3. The second-order valence-electron chi connectivity index (χ2n) is 2.44. The summed E-state index contributed by atoms with van der Waals surface area (Å²) in [6.45, 7) is 1.18. The van der Waals surface area contributed by atoms with Crippen molar-refractivity contribution in [2.45, 2.75) is 18.9 Å². The number of esters is 1. The molecule has 0 aromatic carbocycles. The van der Waals surface area contributed by atoms with Crippen LogP contribution in [0, 0.1) is 0 Å². The summed E-state index contributed by atoms with van der Waals surface area (Å²) in [7, 11) is 0. The third-order valence-electron chi connectivity index (χ3n) is 1.44. The van der Waals surface area contributed by atoms with Crippen molar-refractivity contribution in [3.63, 3.8) is 0 Å². The van der Waals surface area contributed by atoms with Gasteiger partial charge in [0.05, 0.1) is 6.61 Å². The fraction of sp³-hybridized carbons (Fsp3) is 0.857. The topological polar surface area (TPSA) is 35.5 Å². The van der Waals surface area contributed by atoms with Crippen molar-refractivity contribution in [3.8, 4) is 0 Å². The van der Waals surface area contributed by atoms with Gasteiger partial charge in [0.2, 0.25) is 0 Å². The van der Waals surface area contributed by atoms with Crippen molar-refractivity contribution in [2.24, 2.45) is 0 Å². The fourth-order valence-corrected chi connectivity index (χ4v) is 1.21. The van der Waals surface area contributed by atoms with E-state index in [2.05, 4.69) is 15.9 Å². The highest BCUT2D eigenvalue weighted by Gasteiger charge is 2.15. The molecule has 0 spiro atoms. The first-order chi connectivity index (χ1) is 5.33. The Morgan fingerprint density at radius 3 is 3.18 bits per heavy atom. The van der Waals surface area contributed by atoms with Gasteiger partial charge in [-0.05, 0) is 6.42 Å². The third-order valence-corrected chi connectivity index (χ3v) is 2.17. The molecule has 1 saturated heterocycles. The van der Waals surface area contributed by atoms with E-state index in [1.165, 1.54) is 0 Å². The maximum atomic E-state index is 10.9. The average Bonchev–Trinajstić information content (AvgIpc) is 1.96. The van der Waals surface area contributed by atoms with E-state index in [0.717, 1.165) is 6.42 Å². The highest BCUT2D eigenvalue weighted by molar-refractivity contribution is 9.09. The highest BCUT2D eigenvalue weighted by atomic mass is 79.9. The van der Waals surface area contributed by atoms with Crippen LogP contribution in [0.5, 0.6) is 0 Å². The number of cyclic esters (lactones) is 1. The Kier molecular flexibility index (Phi) is 3.86. The molecule has 0 amide bonds. The molecule has 11 heavy (non-hydrogen) atoms. The Bertz CT molecular complexity index is 138. The van der Waals surface area contributed by atoms with Gasteiger partial charge in [0.15, 0.2) is 0 Å². The number of carbonyl (C=O) groups excluding carboxylic acids is 1. The number of carbonyl (C=O) groups is 1. The first-order valence-corrected chi connectivity index (χ1v) is 4.78.